The molecule has 0 aliphatic carbocycles. The standard InChI is InChI=1S/C27H19N3O8S2/c31-26-24-19(22(39(33,34)35)14-13-21(24)28-27(32)17-8-2-1-3-9-17)15-23(40(36,37)38)25(26)30-29-20-12-6-10-16-7-4-5-11-18(16)20/h1-15,31H,(H,28,32)(H,33,34,35)(H,36,37,38). The zero-order chi connectivity index (χ0) is 28.7. The number of fused-ring (bicyclic) bond motifs is 2. The maximum atomic E-state index is 12.9. The van der Waals surface area contributed by atoms with Crippen molar-refractivity contribution in [2.24, 2.45) is 10.2 Å². The summed E-state index contributed by atoms with van der Waals surface area (Å²) >= 11 is 0. The molecule has 5 aromatic carbocycles. The van der Waals surface area contributed by atoms with E-state index in [1.54, 1.807) is 42.5 Å². The lowest BCUT2D eigenvalue weighted by Gasteiger charge is -2.15. The van der Waals surface area contributed by atoms with E-state index in [9.17, 15) is 35.8 Å². The Bertz CT molecular complexity index is 2060. The zero-order valence-corrected chi connectivity index (χ0v) is 21.9. The predicted octanol–water partition coefficient (Wildman–Crippen LogP) is 5.86. The number of carbonyl (C=O) groups excluding carboxylic acids is 1. The molecule has 0 spiro atoms. The Kier molecular flexibility index (Phi) is 6.81. The van der Waals surface area contributed by atoms with Gasteiger partial charge in [-0.05, 0) is 41.8 Å². The number of azo groups is 1. The molecular formula is C27H19N3O8S2. The van der Waals surface area contributed by atoms with Crippen LogP contribution in [0.15, 0.2) is 111 Å². The quantitative estimate of drug-likeness (QED) is 0.143. The lowest BCUT2D eigenvalue weighted by molar-refractivity contribution is 0.102. The summed E-state index contributed by atoms with van der Waals surface area (Å²) in [6.45, 7) is 0. The number of hydrogen-bond acceptors (Lipinski definition) is 8. The van der Waals surface area contributed by atoms with Crippen molar-refractivity contribution < 1.29 is 35.8 Å². The van der Waals surface area contributed by atoms with E-state index in [4.69, 9.17) is 0 Å². The van der Waals surface area contributed by atoms with E-state index in [1.165, 1.54) is 12.1 Å². The topological polar surface area (TPSA) is 183 Å². The molecule has 0 saturated carbocycles. The van der Waals surface area contributed by atoms with Crippen molar-refractivity contribution in [3.63, 3.8) is 0 Å². The summed E-state index contributed by atoms with van der Waals surface area (Å²) < 4.78 is 68.7. The van der Waals surface area contributed by atoms with Crippen molar-refractivity contribution in [2.45, 2.75) is 9.79 Å². The minimum atomic E-state index is -5.11. The Balaban J connectivity index is 1.79. The number of phenols is 1. The number of benzene rings is 5. The summed E-state index contributed by atoms with van der Waals surface area (Å²) in [6, 6.07) is 23.0. The van der Waals surface area contributed by atoms with Crippen LogP contribution in [-0.2, 0) is 20.2 Å². The highest BCUT2D eigenvalue weighted by Gasteiger charge is 2.27. The summed E-state index contributed by atoms with van der Waals surface area (Å²) in [6.07, 6.45) is 0. The zero-order valence-electron chi connectivity index (χ0n) is 20.3. The molecule has 13 heteroatoms. The molecule has 0 radical (unpaired) electrons. The van der Waals surface area contributed by atoms with Gasteiger partial charge >= 0.3 is 0 Å². The molecule has 5 aromatic rings. The van der Waals surface area contributed by atoms with Gasteiger partial charge in [0.2, 0.25) is 0 Å². The average molecular weight is 578 g/mol. The Labute approximate surface area is 227 Å². The van der Waals surface area contributed by atoms with Crippen molar-refractivity contribution in [1.82, 2.24) is 0 Å². The first-order valence-corrected chi connectivity index (χ1v) is 14.4. The number of rotatable bonds is 6. The number of nitrogens with zero attached hydrogens (tertiary/aromatic N) is 2. The minimum absolute atomic E-state index is 0.128. The van der Waals surface area contributed by atoms with Crippen molar-refractivity contribution in [3.05, 3.63) is 96.6 Å². The van der Waals surface area contributed by atoms with Gasteiger partial charge < -0.3 is 10.4 Å². The summed E-state index contributed by atoms with van der Waals surface area (Å²) in [5, 5.41) is 22.4. The van der Waals surface area contributed by atoms with Crippen molar-refractivity contribution in [2.75, 3.05) is 5.32 Å². The van der Waals surface area contributed by atoms with E-state index in [-0.39, 0.29) is 16.6 Å². The summed E-state index contributed by atoms with van der Waals surface area (Å²) in [4.78, 5) is 11.1. The van der Waals surface area contributed by atoms with Crippen molar-refractivity contribution in [3.8, 4) is 5.75 Å². The molecule has 0 bridgehead atoms. The van der Waals surface area contributed by atoms with E-state index < -0.39 is 52.8 Å². The lowest BCUT2D eigenvalue weighted by Crippen LogP contribution is -2.13. The van der Waals surface area contributed by atoms with Crippen LogP contribution in [0.2, 0.25) is 0 Å². The Morgan fingerprint density at radius 3 is 2.05 bits per heavy atom. The van der Waals surface area contributed by atoms with Crippen molar-refractivity contribution >= 4 is 64.8 Å². The van der Waals surface area contributed by atoms with Gasteiger partial charge in [0.1, 0.15) is 15.5 Å². The highest BCUT2D eigenvalue weighted by molar-refractivity contribution is 7.86. The molecule has 40 heavy (non-hydrogen) atoms. The van der Waals surface area contributed by atoms with Gasteiger partial charge in [-0.1, -0.05) is 54.6 Å². The third kappa shape index (κ3) is 5.13. The molecule has 0 atom stereocenters. The fraction of sp³-hybridized carbons (Fsp3) is 0. The van der Waals surface area contributed by atoms with Gasteiger partial charge in [-0.15, -0.1) is 10.2 Å². The molecule has 202 valence electrons. The van der Waals surface area contributed by atoms with E-state index in [0.717, 1.165) is 23.6 Å². The largest absolute Gasteiger partial charge is 0.505 e. The van der Waals surface area contributed by atoms with E-state index in [2.05, 4.69) is 15.5 Å². The normalized spacial score (nSPS) is 12.2. The smallest absolute Gasteiger partial charge is 0.296 e. The Morgan fingerprint density at radius 1 is 0.700 bits per heavy atom. The first-order chi connectivity index (χ1) is 18.9. The second kappa shape index (κ2) is 10.1. The molecule has 0 saturated heterocycles. The van der Waals surface area contributed by atoms with Crippen LogP contribution in [0, 0.1) is 0 Å². The molecular weight excluding hydrogens is 558 g/mol. The number of aromatic hydroxyl groups is 1. The molecule has 11 nitrogen and oxygen atoms in total. The van der Waals surface area contributed by atoms with E-state index in [0.29, 0.717) is 11.1 Å². The SMILES string of the molecule is O=C(Nc1ccc(S(=O)(=O)O)c2cc(S(=O)(=O)O)c(N=Nc3cccc4ccccc34)c(O)c12)c1ccccc1. The van der Waals surface area contributed by atoms with Gasteiger partial charge in [0.15, 0.2) is 5.75 Å². The molecule has 0 aromatic heterocycles. The molecule has 1 amide bonds. The third-order valence-corrected chi connectivity index (χ3v) is 7.82. The molecule has 0 aliphatic rings. The van der Waals surface area contributed by atoms with Crippen LogP contribution in [-0.4, -0.2) is 37.0 Å². The minimum Gasteiger partial charge on any atom is -0.505 e. The predicted molar refractivity (Wildman–Crippen MR) is 148 cm³/mol. The molecule has 0 aliphatic heterocycles. The monoisotopic (exact) mass is 577 g/mol. The highest BCUT2D eigenvalue weighted by Crippen LogP contribution is 2.46. The van der Waals surface area contributed by atoms with Gasteiger partial charge in [0.25, 0.3) is 26.1 Å². The maximum absolute atomic E-state index is 12.9. The number of anilines is 1. The van der Waals surface area contributed by atoms with Crippen LogP contribution < -0.4 is 5.32 Å². The molecule has 4 N–H and O–H groups in total. The summed E-state index contributed by atoms with van der Waals surface area (Å²) in [7, 11) is -10.1. The van der Waals surface area contributed by atoms with Crippen LogP contribution in [0.4, 0.5) is 17.1 Å². The third-order valence-electron chi connectivity index (χ3n) is 6.04. The highest BCUT2D eigenvalue weighted by atomic mass is 32.2. The number of hydrogen-bond donors (Lipinski definition) is 4. The van der Waals surface area contributed by atoms with E-state index in [1.807, 2.05) is 18.2 Å². The van der Waals surface area contributed by atoms with E-state index >= 15 is 0 Å². The Morgan fingerprint density at radius 2 is 1.35 bits per heavy atom. The average Bonchev–Trinajstić information content (AvgIpc) is 2.91. The first kappa shape index (κ1) is 26.9. The molecule has 0 fully saturated rings. The maximum Gasteiger partial charge on any atom is 0.296 e. The van der Waals surface area contributed by atoms with Crippen molar-refractivity contribution in [1.29, 1.82) is 0 Å². The molecule has 0 unspecified atom stereocenters. The second-order valence-electron chi connectivity index (χ2n) is 8.57. The van der Waals surface area contributed by atoms with Crippen LogP contribution in [0.5, 0.6) is 5.75 Å². The Hall–Kier alpha value is -4.69. The number of phenolic OH excluding ortho intramolecular Hbond substituents is 1. The van der Waals surface area contributed by atoms with Gasteiger partial charge in [-0.25, -0.2) is 0 Å². The summed E-state index contributed by atoms with van der Waals surface area (Å²) in [5.74, 6) is -1.54. The number of carbonyl (C=O) groups is 1. The van der Waals surface area contributed by atoms with Crippen LogP contribution in [0.3, 0.4) is 0 Å². The fourth-order valence-corrected chi connectivity index (χ4v) is 5.57. The lowest BCUT2D eigenvalue weighted by atomic mass is 10.1. The van der Waals surface area contributed by atoms with Crippen LogP contribution >= 0.6 is 0 Å². The number of nitrogens with one attached hydrogen (secondary N) is 1. The second-order valence-corrected chi connectivity index (χ2v) is 11.4. The summed E-state index contributed by atoms with van der Waals surface area (Å²) in [5.41, 5.74) is -0.300. The van der Waals surface area contributed by atoms with Gasteiger partial charge in [0.05, 0.1) is 16.8 Å². The fourth-order valence-electron chi connectivity index (χ4n) is 4.24. The van der Waals surface area contributed by atoms with Gasteiger partial charge in [0, 0.05) is 16.3 Å². The number of amides is 1. The molecule has 0 heterocycles. The van der Waals surface area contributed by atoms with Crippen LogP contribution in [0.25, 0.3) is 21.5 Å². The first-order valence-electron chi connectivity index (χ1n) is 11.5. The van der Waals surface area contributed by atoms with Crippen LogP contribution in [0.1, 0.15) is 10.4 Å². The van der Waals surface area contributed by atoms with Gasteiger partial charge in [-0.2, -0.15) is 16.8 Å². The van der Waals surface area contributed by atoms with Gasteiger partial charge in [-0.3, -0.25) is 13.9 Å². The molecule has 5 rings (SSSR count).